The molecule has 3 aromatic rings. The van der Waals surface area contributed by atoms with Gasteiger partial charge in [0.2, 0.25) is 5.88 Å². The first-order valence-corrected chi connectivity index (χ1v) is 10.9. The maximum absolute atomic E-state index is 6.21. The highest BCUT2D eigenvalue weighted by molar-refractivity contribution is 5.59. The van der Waals surface area contributed by atoms with Crippen LogP contribution in [0.5, 0.6) is 11.6 Å². The Morgan fingerprint density at radius 2 is 1.87 bits per heavy atom. The van der Waals surface area contributed by atoms with Crippen LogP contribution >= 0.6 is 0 Å². The number of nitrogens with zero attached hydrogens (tertiary/aromatic N) is 3. The number of nitrogens with one attached hydrogen (secondary N) is 1. The predicted molar refractivity (Wildman–Crippen MR) is 124 cm³/mol. The average molecular weight is 419 g/mol. The summed E-state index contributed by atoms with van der Waals surface area (Å²) in [6, 6.07) is 18.0. The fraction of sp³-hybridized carbons (Fsp3) is 0.360. The molecule has 2 atom stereocenters. The summed E-state index contributed by atoms with van der Waals surface area (Å²) in [5.41, 5.74) is 1.98. The first-order valence-electron chi connectivity index (χ1n) is 10.9. The van der Waals surface area contributed by atoms with Gasteiger partial charge in [0, 0.05) is 31.7 Å². The molecular formula is C25H30N4O2. The van der Waals surface area contributed by atoms with Crippen molar-refractivity contribution in [2.75, 3.05) is 30.5 Å². The van der Waals surface area contributed by atoms with Crippen molar-refractivity contribution in [1.82, 2.24) is 9.97 Å². The van der Waals surface area contributed by atoms with E-state index in [9.17, 15) is 0 Å². The fourth-order valence-corrected chi connectivity index (χ4v) is 4.30. The van der Waals surface area contributed by atoms with Crippen molar-refractivity contribution in [3.63, 3.8) is 0 Å². The molecule has 3 heterocycles. The second-order valence-electron chi connectivity index (χ2n) is 7.85. The number of methoxy groups -OCH3 is 1. The van der Waals surface area contributed by atoms with Crippen LogP contribution in [0.2, 0.25) is 0 Å². The summed E-state index contributed by atoms with van der Waals surface area (Å²) in [4.78, 5) is 11.2. The normalized spacial score (nSPS) is 18.2. The standard InChI is InChI=1S/C25H30N4O2/c1-3-7-19-14-17-29(23(19)18-30-2)22-8-6-16-27-25(22)31-21-12-10-20(11-13-21)28-24-9-4-5-15-26-24/h4-6,8-13,15-16,19,23H,3,7,14,17-18H2,1-2H3,(H,26,28). The molecule has 4 rings (SSSR count). The van der Waals surface area contributed by atoms with E-state index < -0.39 is 0 Å². The Hall–Kier alpha value is -3.12. The second kappa shape index (κ2) is 10.3. The van der Waals surface area contributed by atoms with Crippen LogP contribution in [0.15, 0.2) is 67.0 Å². The number of rotatable bonds is 9. The molecule has 6 heteroatoms. The maximum atomic E-state index is 6.21. The van der Waals surface area contributed by atoms with E-state index in [1.807, 2.05) is 48.5 Å². The minimum absolute atomic E-state index is 0.349. The van der Waals surface area contributed by atoms with Crippen molar-refractivity contribution in [2.24, 2.45) is 5.92 Å². The second-order valence-corrected chi connectivity index (χ2v) is 7.85. The number of benzene rings is 1. The monoisotopic (exact) mass is 418 g/mol. The topological polar surface area (TPSA) is 59.5 Å². The first kappa shape index (κ1) is 21.1. The molecule has 0 radical (unpaired) electrons. The number of hydrogen-bond acceptors (Lipinski definition) is 6. The lowest BCUT2D eigenvalue weighted by Crippen LogP contribution is -2.36. The minimum atomic E-state index is 0.349. The van der Waals surface area contributed by atoms with Gasteiger partial charge in [-0.05, 0) is 67.3 Å². The predicted octanol–water partition coefficient (Wildman–Crippen LogP) is 5.65. The lowest BCUT2D eigenvalue weighted by Gasteiger charge is -2.30. The molecule has 1 aliphatic rings. The van der Waals surface area contributed by atoms with E-state index in [-0.39, 0.29) is 0 Å². The van der Waals surface area contributed by atoms with Crippen LogP contribution in [0.25, 0.3) is 0 Å². The summed E-state index contributed by atoms with van der Waals surface area (Å²) in [6.45, 7) is 3.96. The minimum Gasteiger partial charge on any atom is -0.437 e. The van der Waals surface area contributed by atoms with E-state index in [1.165, 1.54) is 19.3 Å². The Kier molecular flexibility index (Phi) is 6.99. The number of anilines is 3. The van der Waals surface area contributed by atoms with Gasteiger partial charge in [0.25, 0.3) is 0 Å². The van der Waals surface area contributed by atoms with Crippen LogP contribution in [0.3, 0.4) is 0 Å². The van der Waals surface area contributed by atoms with Crippen LogP contribution < -0.4 is 15.0 Å². The van der Waals surface area contributed by atoms with E-state index in [2.05, 4.69) is 33.2 Å². The summed E-state index contributed by atoms with van der Waals surface area (Å²) in [5, 5.41) is 3.28. The highest BCUT2D eigenvalue weighted by atomic mass is 16.5. The van der Waals surface area contributed by atoms with E-state index in [4.69, 9.17) is 9.47 Å². The molecule has 2 unspecified atom stereocenters. The molecular weight excluding hydrogens is 388 g/mol. The Morgan fingerprint density at radius 3 is 2.61 bits per heavy atom. The zero-order valence-corrected chi connectivity index (χ0v) is 18.2. The van der Waals surface area contributed by atoms with Crippen molar-refractivity contribution in [3.05, 3.63) is 67.0 Å². The summed E-state index contributed by atoms with van der Waals surface area (Å²) in [7, 11) is 1.78. The summed E-state index contributed by atoms with van der Waals surface area (Å²) in [6.07, 6.45) is 7.12. The largest absolute Gasteiger partial charge is 0.437 e. The Morgan fingerprint density at radius 1 is 1.03 bits per heavy atom. The number of hydrogen-bond donors (Lipinski definition) is 1. The van der Waals surface area contributed by atoms with Crippen LogP contribution in [0, 0.1) is 5.92 Å². The number of ether oxygens (including phenoxy) is 2. The lowest BCUT2D eigenvalue weighted by atomic mass is 9.95. The lowest BCUT2D eigenvalue weighted by molar-refractivity contribution is 0.162. The van der Waals surface area contributed by atoms with Crippen molar-refractivity contribution in [1.29, 1.82) is 0 Å². The van der Waals surface area contributed by atoms with Gasteiger partial charge in [0.15, 0.2) is 0 Å². The first-order chi connectivity index (χ1) is 15.3. The van der Waals surface area contributed by atoms with Gasteiger partial charge in [0.05, 0.1) is 12.6 Å². The number of aromatic nitrogens is 2. The molecule has 1 N–H and O–H groups in total. The quantitative estimate of drug-likeness (QED) is 0.484. The summed E-state index contributed by atoms with van der Waals surface area (Å²) >= 11 is 0. The third kappa shape index (κ3) is 5.14. The molecule has 6 nitrogen and oxygen atoms in total. The molecule has 0 bridgehead atoms. The molecule has 1 saturated heterocycles. The van der Waals surface area contributed by atoms with Gasteiger partial charge in [-0.15, -0.1) is 0 Å². The molecule has 1 fully saturated rings. The van der Waals surface area contributed by atoms with Gasteiger partial charge in [-0.2, -0.15) is 0 Å². The third-order valence-corrected chi connectivity index (χ3v) is 5.75. The molecule has 1 aliphatic heterocycles. The van der Waals surface area contributed by atoms with Crippen molar-refractivity contribution >= 4 is 17.2 Å². The van der Waals surface area contributed by atoms with Crippen LogP contribution in [0.1, 0.15) is 26.2 Å². The Bertz CT molecular complexity index is 949. The van der Waals surface area contributed by atoms with Crippen LogP contribution in [-0.4, -0.2) is 36.3 Å². The van der Waals surface area contributed by atoms with Crippen LogP contribution in [0.4, 0.5) is 17.2 Å². The smallest absolute Gasteiger partial charge is 0.243 e. The summed E-state index contributed by atoms with van der Waals surface area (Å²) in [5.74, 6) is 2.82. The van der Waals surface area contributed by atoms with Gasteiger partial charge >= 0.3 is 0 Å². The van der Waals surface area contributed by atoms with Crippen LogP contribution in [-0.2, 0) is 4.74 Å². The maximum Gasteiger partial charge on any atom is 0.243 e. The number of pyridine rings is 2. The molecule has 0 aliphatic carbocycles. The molecule has 162 valence electrons. The average Bonchev–Trinajstić information content (AvgIpc) is 3.19. The fourth-order valence-electron chi connectivity index (χ4n) is 4.30. The van der Waals surface area contributed by atoms with Crippen molar-refractivity contribution in [2.45, 2.75) is 32.2 Å². The van der Waals surface area contributed by atoms with E-state index in [0.717, 1.165) is 29.5 Å². The van der Waals surface area contributed by atoms with Crippen molar-refractivity contribution in [3.8, 4) is 11.6 Å². The van der Waals surface area contributed by atoms with Gasteiger partial charge in [-0.1, -0.05) is 19.4 Å². The van der Waals surface area contributed by atoms with E-state index >= 15 is 0 Å². The molecule has 31 heavy (non-hydrogen) atoms. The zero-order valence-electron chi connectivity index (χ0n) is 18.2. The molecule has 0 saturated carbocycles. The van der Waals surface area contributed by atoms with Gasteiger partial charge in [0.1, 0.15) is 17.3 Å². The SMILES string of the molecule is CCCC1CCN(c2cccnc2Oc2ccc(Nc3ccccn3)cc2)C1COC. The van der Waals surface area contributed by atoms with Gasteiger partial charge in [-0.25, -0.2) is 9.97 Å². The highest BCUT2D eigenvalue weighted by Gasteiger charge is 2.35. The van der Waals surface area contributed by atoms with Gasteiger partial charge in [-0.3, -0.25) is 0 Å². The Balaban J connectivity index is 1.50. The van der Waals surface area contributed by atoms with Gasteiger partial charge < -0.3 is 19.7 Å². The molecule has 0 amide bonds. The van der Waals surface area contributed by atoms with Crippen molar-refractivity contribution < 1.29 is 9.47 Å². The zero-order chi connectivity index (χ0) is 21.5. The molecule has 1 aromatic carbocycles. The third-order valence-electron chi connectivity index (χ3n) is 5.75. The Labute approximate surface area is 184 Å². The highest BCUT2D eigenvalue weighted by Crippen LogP contribution is 2.38. The van der Waals surface area contributed by atoms with E-state index in [0.29, 0.717) is 24.4 Å². The van der Waals surface area contributed by atoms with E-state index in [1.54, 1.807) is 19.5 Å². The molecule has 2 aromatic heterocycles. The summed E-state index contributed by atoms with van der Waals surface area (Å²) < 4.78 is 11.8. The molecule has 0 spiro atoms.